The molecule has 0 spiro atoms. The molecule has 1 aliphatic rings. The smallest absolute Gasteiger partial charge is 0.0119 e. The van der Waals surface area contributed by atoms with E-state index in [-0.39, 0.29) is 0 Å². The van der Waals surface area contributed by atoms with E-state index in [1.807, 2.05) is 0 Å². The molecule has 0 aliphatic heterocycles. The van der Waals surface area contributed by atoms with E-state index in [9.17, 15) is 0 Å². The highest BCUT2D eigenvalue weighted by atomic mass is 15.1. The summed E-state index contributed by atoms with van der Waals surface area (Å²) < 4.78 is 0. The standard InChI is InChI=1S/C14H30N2/c1-6-12(4)16(5)10-9-15-14(11(2)3)13-7-8-13/h11-15H,6-10H2,1-5H3. The van der Waals surface area contributed by atoms with Gasteiger partial charge in [-0.05, 0) is 45.1 Å². The molecule has 2 nitrogen and oxygen atoms in total. The van der Waals surface area contributed by atoms with Crippen molar-refractivity contribution in [3.63, 3.8) is 0 Å². The molecule has 2 unspecified atom stereocenters. The summed E-state index contributed by atoms with van der Waals surface area (Å²) in [6.07, 6.45) is 4.13. The summed E-state index contributed by atoms with van der Waals surface area (Å²) in [6, 6.07) is 1.46. The van der Waals surface area contributed by atoms with Crippen LogP contribution >= 0.6 is 0 Å². The first kappa shape index (κ1) is 14.0. The molecule has 1 N–H and O–H groups in total. The molecule has 1 saturated carbocycles. The second-order valence-corrected chi connectivity index (χ2v) is 5.80. The number of rotatable bonds is 8. The number of nitrogens with zero attached hydrogens (tertiary/aromatic N) is 1. The van der Waals surface area contributed by atoms with E-state index >= 15 is 0 Å². The Balaban J connectivity index is 2.17. The molecule has 0 bridgehead atoms. The zero-order chi connectivity index (χ0) is 12.1. The third-order valence-electron chi connectivity index (χ3n) is 4.04. The van der Waals surface area contributed by atoms with E-state index in [1.165, 1.54) is 25.8 Å². The van der Waals surface area contributed by atoms with Crippen LogP contribution in [0.15, 0.2) is 0 Å². The lowest BCUT2D eigenvalue weighted by Crippen LogP contribution is -2.41. The lowest BCUT2D eigenvalue weighted by molar-refractivity contribution is 0.240. The molecule has 2 atom stereocenters. The van der Waals surface area contributed by atoms with Gasteiger partial charge in [0.1, 0.15) is 0 Å². The number of nitrogens with one attached hydrogen (secondary N) is 1. The molecule has 0 aromatic heterocycles. The van der Waals surface area contributed by atoms with Crippen LogP contribution in [-0.2, 0) is 0 Å². The van der Waals surface area contributed by atoms with Gasteiger partial charge in [-0.25, -0.2) is 0 Å². The van der Waals surface area contributed by atoms with Crippen LogP contribution < -0.4 is 5.32 Å². The fraction of sp³-hybridized carbons (Fsp3) is 1.00. The Morgan fingerprint density at radius 2 is 1.88 bits per heavy atom. The van der Waals surface area contributed by atoms with Crippen LogP contribution in [0.5, 0.6) is 0 Å². The van der Waals surface area contributed by atoms with Gasteiger partial charge in [0, 0.05) is 25.2 Å². The molecule has 0 heterocycles. The Kier molecular flexibility index (Phi) is 5.77. The summed E-state index contributed by atoms with van der Waals surface area (Å²) in [5, 5.41) is 3.75. The summed E-state index contributed by atoms with van der Waals surface area (Å²) in [5.74, 6) is 1.75. The van der Waals surface area contributed by atoms with Crippen molar-refractivity contribution in [3.05, 3.63) is 0 Å². The molecule has 16 heavy (non-hydrogen) atoms. The molecule has 0 radical (unpaired) electrons. The van der Waals surface area contributed by atoms with Crippen LogP contribution in [0.4, 0.5) is 0 Å². The Morgan fingerprint density at radius 3 is 2.31 bits per heavy atom. The zero-order valence-electron chi connectivity index (χ0n) is 11.8. The molecular weight excluding hydrogens is 196 g/mol. The van der Waals surface area contributed by atoms with E-state index < -0.39 is 0 Å². The molecule has 96 valence electrons. The molecule has 0 aromatic rings. The Morgan fingerprint density at radius 1 is 1.25 bits per heavy atom. The summed E-state index contributed by atoms with van der Waals surface area (Å²) in [5.41, 5.74) is 0. The third kappa shape index (κ3) is 4.42. The van der Waals surface area contributed by atoms with Gasteiger partial charge < -0.3 is 10.2 Å². The van der Waals surface area contributed by atoms with Crippen molar-refractivity contribution in [2.45, 2.75) is 59.0 Å². The third-order valence-corrected chi connectivity index (χ3v) is 4.04. The van der Waals surface area contributed by atoms with E-state index in [1.54, 1.807) is 0 Å². The highest BCUT2D eigenvalue weighted by molar-refractivity contribution is 4.88. The fourth-order valence-corrected chi connectivity index (χ4v) is 2.34. The van der Waals surface area contributed by atoms with Crippen molar-refractivity contribution in [1.82, 2.24) is 10.2 Å². The van der Waals surface area contributed by atoms with Crippen LogP contribution in [0.2, 0.25) is 0 Å². The zero-order valence-corrected chi connectivity index (χ0v) is 11.8. The molecule has 1 aliphatic carbocycles. The highest BCUT2D eigenvalue weighted by Gasteiger charge is 2.32. The fourth-order valence-electron chi connectivity index (χ4n) is 2.34. The maximum absolute atomic E-state index is 3.75. The number of hydrogen-bond acceptors (Lipinski definition) is 2. The normalized spacial score (nSPS) is 20.4. The van der Waals surface area contributed by atoms with Crippen LogP contribution in [0.3, 0.4) is 0 Å². The van der Waals surface area contributed by atoms with Gasteiger partial charge in [0.25, 0.3) is 0 Å². The second-order valence-electron chi connectivity index (χ2n) is 5.80. The van der Waals surface area contributed by atoms with Crippen molar-refractivity contribution in [3.8, 4) is 0 Å². The van der Waals surface area contributed by atoms with Gasteiger partial charge in [-0.15, -0.1) is 0 Å². The van der Waals surface area contributed by atoms with Gasteiger partial charge in [-0.2, -0.15) is 0 Å². The average molecular weight is 226 g/mol. The quantitative estimate of drug-likeness (QED) is 0.684. The molecule has 1 rings (SSSR count). The minimum absolute atomic E-state index is 0.709. The van der Waals surface area contributed by atoms with Gasteiger partial charge >= 0.3 is 0 Å². The molecule has 0 saturated heterocycles. The summed E-state index contributed by atoms with van der Waals surface area (Å²) in [6.45, 7) is 11.6. The lowest BCUT2D eigenvalue weighted by atomic mass is 10.00. The monoisotopic (exact) mass is 226 g/mol. The van der Waals surface area contributed by atoms with E-state index in [0.717, 1.165) is 24.4 Å². The van der Waals surface area contributed by atoms with E-state index in [2.05, 4.69) is 45.0 Å². The molecule has 1 fully saturated rings. The SMILES string of the molecule is CCC(C)N(C)CCNC(C(C)C)C1CC1. The average Bonchev–Trinajstić information content (AvgIpc) is 3.06. The van der Waals surface area contributed by atoms with Gasteiger partial charge in [-0.1, -0.05) is 20.8 Å². The summed E-state index contributed by atoms with van der Waals surface area (Å²) in [4.78, 5) is 2.46. The van der Waals surface area contributed by atoms with Crippen molar-refractivity contribution in [2.24, 2.45) is 11.8 Å². The van der Waals surface area contributed by atoms with Gasteiger partial charge in [0.15, 0.2) is 0 Å². The first-order chi connectivity index (χ1) is 7.56. The lowest BCUT2D eigenvalue weighted by Gasteiger charge is -2.27. The first-order valence-corrected chi connectivity index (χ1v) is 6.99. The van der Waals surface area contributed by atoms with E-state index in [0.29, 0.717) is 6.04 Å². The Hall–Kier alpha value is -0.0800. The van der Waals surface area contributed by atoms with Crippen LogP contribution in [0.25, 0.3) is 0 Å². The second kappa shape index (κ2) is 6.61. The van der Waals surface area contributed by atoms with Crippen molar-refractivity contribution in [1.29, 1.82) is 0 Å². The highest BCUT2D eigenvalue weighted by Crippen LogP contribution is 2.35. The van der Waals surface area contributed by atoms with Gasteiger partial charge in [0.2, 0.25) is 0 Å². The van der Waals surface area contributed by atoms with Crippen molar-refractivity contribution >= 4 is 0 Å². The summed E-state index contributed by atoms with van der Waals surface area (Å²) >= 11 is 0. The number of hydrogen-bond donors (Lipinski definition) is 1. The van der Waals surface area contributed by atoms with Gasteiger partial charge in [-0.3, -0.25) is 0 Å². The molecule has 2 heteroatoms. The van der Waals surface area contributed by atoms with Crippen LogP contribution in [-0.4, -0.2) is 37.1 Å². The summed E-state index contributed by atoms with van der Waals surface area (Å²) in [7, 11) is 2.23. The minimum atomic E-state index is 0.709. The van der Waals surface area contributed by atoms with Crippen LogP contribution in [0.1, 0.15) is 47.0 Å². The molecular formula is C14H30N2. The Labute approximate surface area is 102 Å². The predicted octanol–water partition coefficient (Wildman–Crippen LogP) is 2.74. The predicted molar refractivity (Wildman–Crippen MR) is 71.7 cm³/mol. The number of likely N-dealkylation sites (N-methyl/N-ethyl adjacent to an activating group) is 1. The minimum Gasteiger partial charge on any atom is -0.312 e. The maximum Gasteiger partial charge on any atom is 0.0119 e. The molecule has 0 amide bonds. The van der Waals surface area contributed by atoms with Gasteiger partial charge in [0.05, 0.1) is 0 Å². The topological polar surface area (TPSA) is 15.3 Å². The maximum atomic E-state index is 3.75. The van der Waals surface area contributed by atoms with Crippen molar-refractivity contribution in [2.75, 3.05) is 20.1 Å². The molecule has 0 aromatic carbocycles. The van der Waals surface area contributed by atoms with Crippen molar-refractivity contribution < 1.29 is 0 Å². The Bertz CT molecular complexity index is 185. The van der Waals surface area contributed by atoms with E-state index in [4.69, 9.17) is 0 Å². The first-order valence-electron chi connectivity index (χ1n) is 6.99. The largest absolute Gasteiger partial charge is 0.312 e. The van der Waals surface area contributed by atoms with Crippen LogP contribution in [0, 0.1) is 11.8 Å².